The summed E-state index contributed by atoms with van der Waals surface area (Å²) in [6, 6.07) is 3.74. The molecule has 3 aromatic rings. The average Bonchev–Trinajstić information content (AvgIpc) is 2.57. The van der Waals surface area contributed by atoms with Crippen LogP contribution in [-0.4, -0.2) is 24.1 Å². The maximum Gasteiger partial charge on any atom is 0.332 e. The van der Waals surface area contributed by atoms with E-state index in [0.29, 0.717) is 5.69 Å². The summed E-state index contributed by atoms with van der Waals surface area (Å²) in [5.41, 5.74) is 1.03. The van der Waals surface area contributed by atoms with Crippen molar-refractivity contribution in [2.75, 3.05) is 0 Å². The van der Waals surface area contributed by atoms with E-state index in [0.717, 1.165) is 10.1 Å². The van der Waals surface area contributed by atoms with Crippen LogP contribution in [0.15, 0.2) is 40.3 Å². The Morgan fingerprint density at radius 1 is 1.09 bits per heavy atom. The van der Waals surface area contributed by atoms with Crippen molar-refractivity contribution in [2.24, 2.45) is 14.1 Å². The van der Waals surface area contributed by atoms with Gasteiger partial charge in [-0.2, -0.15) is 0 Å². The normalized spacial score (nSPS) is 11.4. The van der Waals surface area contributed by atoms with E-state index in [1.807, 2.05) is 18.2 Å². The molecule has 0 saturated carbocycles. The number of fused-ring (bicyclic) bond motifs is 1. The van der Waals surface area contributed by atoms with Gasteiger partial charge in [0, 0.05) is 26.5 Å². The molecule has 110 valence electrons. The number of nitrogens with zero attached hydrogens (tertiary/aromatic N) is 5. The molecule has 0 amide bonds. The van der Waals surface area contributed by atoms with Crippen LogP contribution in [0.2, 0.25) is 0 Å². The molecule has 0 radical (unpaired) electrons. The summed E-state index contributed by atoms with van der Waals surface area (Å²) in [5, 5.41) is 0. The lowest BCUT2D eigenvalue weighted by Gasteiger charge is -2.06. The largest absolute Gasteiger partial charge is 0.332 e. The van der Waals surface area contributed by atoms with E-state index in [1.165, 1.54) is 17.8 Å². The van der Waals surface area contributed by atoms with Gasteiger partial charge in [0.05, 0.1) is 11.9 Å². The molecule has 0 aliphatic heterocycles. The van der Waals surface area contributed by atoms with Gasteiger partial charge in [-0.1, -0.05) is 12.1 Å². The van der Waals surface area contributed by atoms with Gasteiger partial charge < -0.3 is 0 Å². The Labute approximate surface area is 125 Å². The topological polar surface area (TPSA) is 82.7 Å². The van der Waals surface area contributed by atoms with Gasteiger partial charge in [0.2, 0.25) is 0 Å². The highest BCUT2D eigenvalue weighted by atomic mass is 16.2. The Morgan fingerprint density at radius 3 is 2.64 bits per heavy atom. The highest BCUT2D eigenvalue weighted by Gasteiger charge is 2.10. The van der Waals surface area contributed by atoms with E-state index in [4.69, 9.17) is 0 Å². The molecule has 0 saturated heterocycles. The molecule has 0 unspecified atom stereocenters. The van der Waals surface area contributed by atoms with Crippen molar-refractivity contribution in [3.8, 4) is 0 Å². The second-order valence-electron chi connectivity index (χ2n) is 4.79. The van der Waals surface area contributed by atoms with E-state index in [2.05, 4.69) is 15.0 Å². The maximum atomic E-state index is 12.0. The molecule has 7 nitrogen and oxygen atoms in total. The second kappa shape index (κ2) is 5.36. The Hall–Kier alpha value is -3.09. The fraction of sp³-hybridized carbons (Fsp3) is 0.133. The molecule has 3 aromatic heterocycles. The van der Waals surface area contributed by atoms with Crippen molar-refractivity contribution in [1.29, 1.82) is 0 Å². The molecule has 0 aliphatic carbocycles. The first-order chi connectivity index (χ1) is 10.6. The zero-order chi connectivity index (χ0) is 15.7. The van der Waals surface area contributed by atoms with Crippen molar-refractivity contribution in [3.05, 3.63) is 62.8 Å². The van der Waals surface area contributed by atoms with Crippen LogP contribution in [0.4, 0.5) is 0 Å². The lowest BCUT2D eigenvalue weighted by molar-refractivity contribution is 0.704. The lowest BCUT2D eigenvalue weighted by Crippen LogP contribution is -2.37. The van der Waals surface area contributed by atoms with Crippen molar-refractivity contribution in [3.63, 3.8) is 0 Å². The van der Waals surface area contributed by atoms with Gasteiger partial charge >= 0.3 is 5.69 Å². The van der Waals surface area contributed by atoms with Crippen LogP contribution in [0.3, 0.4) is 0 Å². The lowest BCUT2D eigenvalue weighted by atomic mass is 10.2. The summed E-state index contributed by atoms with van der Waals surface area (Å²) in [6.07, 6.45) is 8.50. The molecular weight excluding hydrogens is 282 g/mol. The number of pyridine rings is 1. The Balaban J connectivity index is 2.13. The number of rotatable bonds is 2. The van der Waals surface area contributed by atoms with E-state index < -0.39 is 11.2 Å². The first-order valence-electron chi connectivity index (χ1n) is 6.59. The van der Waals surface area contributed by atoms with Crippen molar-refractivity contribution >= 4 is 23.3 Å². The van der Waals surface area contributed by atoms with E-state index in [-0.39, 0.29) is 11.2 Å². The minimum Gasteiger partial charge on any atom is -0.279 e. The fourth-order valence-corrected chi connectivity index (χ4v) is 2.08. The SMILES string of the molecule is Cn1c(=O)c2ncc(/C=C/c3cccnc3)nc2n(C)c1=O. The summed E-state index contributed by atoms with van der Waals surface area (Å²) in [6.45, 7) is 0. The predicted molar refractivity (Wildman–Crippen MR) is 83.2 cm³/mol. The molecule has 3 rings (SSSR count). The molecule has 7 heteroatoms. The Bertz CT molecular complexity index is 986. The molecule has 0 bridgehead atoms. The van der Waals surface area contributed by atoms with Crippen molar-refractivity contribution in [2.45, 2.75) is 0 Å². The Kier molecular flexibility index (Phi) is 3.38. The first kappa shape index (κ1) is 13.9. The molecule has 0 aromatic carbocycles. The van der Waals surface area contributed by atoms with Gasteiger partial charge in [0.25, 0.3) is 5.56 Å². The summed E-state index contributed by atoms with van der Waals surface area (Å²) in [4.78, 5) is 36.4. The van der Waals surface area contributed by atoms with Crippen LogP contribution < -0.4 is 11.2 Å². The van der Waals surface area contributed by atoms with E-state index >= 15 is 0 Å². The highest BCUT2D eigenvalue weighted by molar-refractivity contribution is 5.73. The number of aryl methyl sites for hydroxylation is 1. The van der Waals surface area contributed by atoms with Crippen molar-refractivity contribution in [1.82, 2.24) is 24.1 Å². The molecule has 0 atom stereocenters. The molecule has 0 N–H and O–H groups in total. The third-order valence-corrected chi connectivity index (χ3v) is 3.30. The molecule has 0 aliphatic rings. The summed E-state index contributed by atoms with van der Waals surface area (Å²) < 4.78 is 2.33. The van der Waals surface area contributed by atoms with Gasteiger partial charge in [-0.05, 0) is 17.7 Å². The van der Waals surface area contributed by atoms with Crippen LogP contribution in [0.5, 0.6) is 0 Å². The fourth-order valence-electron chi connectivity index (χ4n) is 2.08. The van der Waals surface area contributed by atoms with Crippen LogP contribution in [0, 0.1) is 0 Å². The van der Waals surface area contributed by atoms with Gasteiger partial charge in [-0.3, -0.25) is 18.9 Å². The van der Waals surface area contributed by atoms with Crippen LogP contribution >= 0.6 is 0 Å². The van der Waals surface area contributed by atoms with Gasteiger partial charge in [0.1, 0.15) is 0 Å². The number of hydrogen-bond donors (Lipinski definition) is 0. The van der Waals surface area contributed by atoms with Gasteiger partial charge in [-0.25, -0.2) is 14.8 Å². The Morgan fingerprint density at radius 2 is 1.91 bits per heavy atom. The minimum atomic E-state index is -0.451. The molecular formula is C15H13N5O2. The second-order valence-corrected chi connectivity index (χ2v) is 4.79. The molecule has 3 heterocycles. The van der Waals surface area contributed by atoms with E-state index in [1.54, 1.807) is 25.5 Å². The monoisotopic (exact) mass is 295 g/mol. The van der Waals surface area contributed by atoms with Gasteiger partial charge in [0.15, 0.2) is 11.2 Å². The predicted octanol–water partition coefficient (Wildman–Crippen LogP) is 0.593. The summed E-state index contributed by atoms with van der Waals surface area (Å²) >= 11 is 0. The average molecular weight is 295 g/mol. The third-order valence-electron chi connectivity index (χ3n) is 3.30. The maximum absolute atomic E-state index is 12.0. The standard InChI is InChI=1S/C15H13N5O2/c1-19-13-12(14(21)20(2)15(19)22)17-9-11(18-13)6-5-10-4-3-7-16-8-10/h3-9H,1-2H3/b6-5+. The van der Waals surface area contributed by atoms with E-state index in [9.17, 15) is 9.59 Å². The highest BCUT2D eigenvalue weighted by Crippen LogP contribution is 2.07. The number of hydrogen-bond acceptors (Lipinski definition) is 5. The van der Waals surface area contributed by atoms with Crippen LogP contribution in [0.1, 0.15) is 11.3 Å². The third kappa shape index (κ3) is 2.32. The quantitative estimate of drug-likeness (QED) is 0.691. The zero-order valence-corrected chi connectivity index (χ0v) is 12.1. The molecule has 0 fully saturated rings. The zero-order valence-electron chi connectivity index (χ0n) is 12.1. The minimum absolute atomic E-state index is 0.170. The van der Waals surface area contributed by atoms with Crippen LogP contribution in [-0.2, 0) is 14.1 Å². The van der Waals surface area contributed by atoms with Crippen molar-refractivity contribution < 1.29 is 0 Å². The van der Waals surface area contributed by atoms with Crippen LogP contribution in [0.25, 0.3) is 23.3 Å². The summed E-state index contributed by atoms with van der Waals surface area (Å²) in [5.74, 6) is 0. The first-order valence-corrected chi connectivity index (χ1v) is 6.59. The molecule has 0 spiro atoms. The summed E-state index contributed by atoms with van der Waals surface area (Å²) in [7, 11) is 2.98. The molecule has 22 heavy (non-hydrogen) atoms. The number of aromatic nitrogens is 5. The smallest absolute Gasteiger partial charge is 0.279 e. The van der Waals surface area contributed by atoms with Gasteiger partial charge in [-0.15, -0.1) is 0 Å².